The molecular formula is C13H17N3S2. The van der Waals surface area contributed by atoms with Crippen LogP contribution in [0.15, 0.2) is 11.1 Å². The van der Waals surface area contributed by atoms with Crippen LogP contribution in [0.1, 0.15) is 30.6 Å². The lowest BCUT2D eigenvalue weighted by Gasteiger charge is -2.08. The van der Waals surface area contributed by atoms with Crippen molar-refractivity contribution in [2.24, 2.45) is 5.92 Å². The van der Waals surface area contributed by atoms with Gasteiger partial charge in [-0.3, -0.25) is 0 Å². The first-order valence-electron chi connectivity index (χ1n) is 6.39. The average Bonchev–Trinajstić information content (AvgIpc) is 2.93. The van der Waals surface area contributed by atoms with E-state index in [4.69, 9.17) is 5.73 Å². The summed E-state index contributed by atoms with van der Waals surface area (Å²) in [6.07, 6.45) is 5.53. The molecule has 0 bridgehead atoms. The molecule has 0 aliphatic heterocycles. The van der Waals surface area contributed by atoms with Gasteiger partial charge in [0, 0.05) is 16.0 Å². The van der Waals surface area contributed by atoms with E-state index in [0.29, 0.717) is 5.95 Å². The van der Waals surface area contributed by atoms with Crippen molar-refractivity contribution in [2.75, 3.05) is 11.5 Å². The average molecular weight is 279 g/mol. The standard InChI is InChI=1S/C13H17N3S2/c1-8-6-10-11(15-13(14)16-12(10)18-8)17-7-9-4-2-3-5-9/h6,9H,2-5,7H2,1H3,(H2,14,15,16). The molecule has 0 saturated heterocycles. The molecule has 0 aromatic carbocycles. The first-order chi connectivity index (χ1) is 8.72. The van der Waals surface area contributed by atoms with E-state index < -0.39 is 0 Å². The molecule has 2 N–H and O–H groups in total. The van der Waals surface area contributed by atoms with Gasteiger partial charge >= 0.3 is 0 Å². The molecule has 1 aliphatic rings. The molecule has 3 rings (SSSR count). The van der Waals surface area contributed by atoms with Gasteiger partial charge < -0.3 is 5.73 Å². The summed E-state index contributed by atoms with van der Waals surface area (Å²) in [5, 5.41) is 2.24. The number of thioether (sulfide) groups is 1. The number of thiophene rings is 1. The highest BCUT2D eigenvalue weighted by atomic mass is 32.2. The predicted molar refractivity (Wildman–Crippen MR) is 79.2 cm³/mol. The van der Waals surface area contributed by atoms with Crippen LogP contribution in [0, 0.1) is 12.8 Å². The molecule has 18 heavy (non-hydrogen) atoms. The Morgan fingerprint density at radius 3 is 2.94 bits per heavy atom. The Morgan fingerprint density at radius 1 is 1.39 bits per heavy atom. The van der Waals surface area contributed by atoms with Gasteiger partial charge in [0.25, 0.3) is 0 Å². The van der Waals surface area contributed by atoms with Crippen LogP contribution in [0.25, 0.3) is 10.2 Å². The molecule has 2 aromatic rings. The predicted octanol–water partition coefficient (Wildman–Crippen LogP) is 3.86. The van der Waals surface area contributed by atoms with Gasteiger partial charge in [0.1, 0.15) is 9.86 Å². The van der Waals surface area contributed by atoms with Crippen molar-refractivity contribution in [3.8, 4) is 0 Å². The van der Waals surface area contributed by atoms with Crippen LogP contribution in [0.2, 0.25) is 0 Å². The molecule has 2 aromatic heterocycles. The Kier molecular flexibility index (Phi) is 3.43. The van der Waals surface area contributed by atoms with Crippen LogP contribution < -0.4 is 5.73 Å². The van der Waals surface area contributed by atoms with Gasteiger partial charge in [-0.2, -0.15) is 0 Å². The second-order valence-corrected chi connectivity index (χ2v) is 7.17. The van der Waals surface area contributed by atoms with E-state index in [2.05, 4.69) is 23.0 Å². The zero-order valence-corrected chi connectivity index (χ0v) is 12.1. The summed E-state index contributed by atoms with van der Waals surface area (Å²) in [7, 11) is 0. The summed E-state index contributed by atoms with van der Waals surface area (Å²) in [6, 6.07) is 2.18. The number of fused-ring (bicyclic) bond motifs is 1. The van der Waals surface area contributed by atoms with Crippen molar-refractivity contribution in [3.63, 3.8) is 0 Å². The maximum Gasteiger partial charge on any atom is 0.222 e. The fourth-order valence-electron chi connectivity index (χ4n) is 2.52. The second-order valence-electron chi connectivity index (χ2n) is 4.92. The monoisotopic (exact) mass is 279 g/mol. The Balaban J connectivity index is 1.85. The highest BCUT2D eigenvalue weighted by Gasteiger charge is 2.17. The fourth-order valence-corrected chi connectivity index (χ4v) is 4.66. The molecule has 0 spiro atoms. The minimum Gasteiger partial charge on any atom is -0.368 e. The number of hydrogen-bond acceptors (Lipinski definition) is 5. The maximum atomic E-state index is 5.79. The van der Waals surface area contributed by atoms with E-state index in [0.717, 1.165) is 15.8 Å². The van der Waals surface area contributed by atoms with Crippen molar-refractivity contribution >= 4 is 39.3 Å². The molecule has 96 valence electrons. The van der Waals surface area contributed by atoms with E-state index in [1.54, 1.807) is 11.3 Å². The van der Waals surface area contributed by atoms with Crippen LogP contribution in [-0.2, 0) is 0 Å². The number of hydrogen-bond donors (Lipinski definition) is 1. The van der Waals surface area contributed by atoms with Crippen molar-refractivity contribution in [1.29, 1.82) is 0 Å². The highest BCUT2D eigenvalue weighted by molar-refractivity contribution is 7.99. The van der Waals surface area contributed by atoms with Gasteiger partial charge in [-0.1, -0.05) is 12.8 Å². The zero-order chi connectivity index (χ0) is 12.5. The van der Waals surface area contributed by atoms with Gasteiger partial charge in [-0.05, 0) is 31.7 Å². The highest BCUT2D eigenvalue weighted by Crippen LogP contribution is 2.35. The lowest BCUT2D eigenvalue weighted by molar-refractivity contribution is 0.623. The van der Waals surface area contributed by atoms with E-state index in [-0.39, 0.29) is 0 Å². The summed E-state index contributed by atoms with van der Waals surface area (Å²) in [6.45, 7) is 2.11. The van der Waals surface area contributed by atoms with Crippen LogP contribution in [0.3, 0.4) is 0 Å². The quantitative estimate of drug-likeness (QED) is 0.684. The third-order valence-electron chi connectivity index (χ3n) is 3.43. The molecule has 0 atom stereocenters. The number of rotatable bonds is 3. The topological polar surface area (TPSA) is 51.8 Å². The Bertz CT molecular complexity index is 559. The van der Waals surface area contributed by atoms with Crippen LogP contribution in [0.4, 0.5) is 5.95 Å². The van der Waals surface area contributed by atoms with Gasteiger partial charge in [-0.25, -0.2) is 9.97 Å². The minimum atomic E-state index is 0.401. The van der Waals surface area contributed by atoms with Crippen molar-refractivity contribution in [1.82, 2.24) is 9.97 Å². The summed E-state index contributed by atoms with van der Waals surface area (Å²) in [5.74, 6) is 2.43. The molecule has 0 unspecified atom stereocenters. The Hall–Kier alpha value is -0.810. The lowest BCUT2D eigenvalue weighted by atomic mass is 10.1. The van der Waals surface area contributed by atoms with E-state index in [9.17, 15) is 0 Å². The number of anilines is 1. The van der Waals surface area contributed by atoms with Crippen LogP contribution in [-0.4, -0.2) is 15.7 Å². The normalized spacial score (nSPS) is 16.7. The lowest BCUT2D eigenvalue weighted by Crippen LogP contribution is -1.99. The maximum absolute atomic E-state index is 5.79. The van der Waals surface area contributed by atoms with E-state index in [1.807, 2.05) is 11.8 Å². The first kappa shape index (κ1) is 12.2. The molecule has 5 heteroatoms. The summed E-state index contributed by atoms with van der Waals surface area (Å²) in [4.78, 5) is 11.0. The summed E-state index contributed by atoms with van der Waals surface area (Å²) in [5.41, 5.74) is 5.79. The second kappa shape index (κ2) is 5.05. The Morgan fingerprint density at radius 2 is 2.17 bits per heavy atom. The minimum absolute atomic E-state index is 0.401. The number of nitrogen functional groups attached to an aromatic ring is 1. The molecule has 1 fully saturated rings. The zero-order valence-electron chi connectivity index (χ0n) is 10.5. The number of aryl methyl sites for hydroxylation is 1. The fraction of sp³-hybridized carbons (Fsp3) is 0.538. The van der Waals surface area contributed by atoms with Crippen molar-refractivity contribution in [3.05, 3.63) is 10.9 Å². The molecule has 0 radical (unpaired) electrons. The number of nitrogens with zero attached hydrogens (tertiary/aromatic N) is 2. The van der Waals surface area contributed by atoms with Gasteiger partial charge in [0.2, 0.25) is 5.95 Å². The smallest absolute Gasteiger partial charge is 0.222 e. The first-order valence-corrected chi connectivity index (χ1v) is 8.19. The molecule has 3 nitrogen and oxygen atoms in total. The molecule has 2 heterocycles. The number of nitrogens with two attached hydrogens (primary N) is 1. The van der Waals surface area contributed by atoms with Gasteiger partial charge in [-0.15, -0.1) is 23.1 Å². The SMILES string of the molecule is Cc1cc2c(SCC3CCCC3)nc(N)nc2s1. The molecular weight excluding hydrogens is 262 g/mol. The van der Waals surface area contributed by atoms with Gasteiger partial charge in [0.15, 0.2) is 0 Å². The van der Waals surface area contributed by atoms with Gasteiger partial charge in [0.05, 0.1) is 0 Å². The van der Waals surface area contributed by atoms with E-state index in [1.165, 1.54) is 41.7 Å². The largest absolute Gasteiger partial charge is 0.368 e. The molecule has 1 saturated carbocycles. The number of aromatic nitrogens is 2. The summed E-state index contributed by atoms with van der Waals surface area (Å²) < 4.78 is 0. The molecule has 1 aliphatic carbocycles. The third kappa shape index (κ3) is 2.47. The van der Waals surface area contributed by atoms with Crippen molar-refractivity contribution in [2.45, 2.75) is 37.6 Å². The Labute approximate surface area is 115 Å². The van der Waals surface area contributed by atoms with E-state index >= 15 is 0 Å². The summed E-state index contributed by atoms with van der Waals surface area (Å²) >= 11 is 3.54. The van der Waals surface area contributed by atoms with Crippen LogP contribution in [0.5, 0.6) is 0 Å². The molecule has 0 amide bonds. The van der Waals surface area contributed by atoms with Crippen molar-refractivity contribution < 1.29 is 0 Å². The third-order valence-corrected chi connectivity index (χ3v) is 5.60. The van der Waals surface area contributed by atoms with Crippen LogP contribution >= 0.6 is 23.1 Å².